The normalized spacial score (nSPS) is 14.9. The Kier molecular flexibility index (Phi) is 13.0. The summed E-state index contributed by atoms with van der Waals surface area (Å²) in [6.07, 6.45) is 3.34. The van der Waals surface area contributed by atoms with Crippen molar-refractivity contribution in [1.82, 2.24) is 15.5 Å². The van der Waals surface area contributed by atoms with Crippen LogP contribution >= 0.6 is 0 Å². The predicted octanol–water partition coefficient (Wildman–Crippen LogP) is 0.933. The van der Waals surface area contributed by atoms with Crippen LogP contribution in [0.1, 0.15) is 37.3 Å². The fourth-order valence-electron chi connectivity index (χ4n) is 4.08. The van der Waals surface area contributed by atoms with E-state index in [0.717, 1.165) is 24.1 Å². The number of carbonyl (C=O) groups excluding carboxylic acids is 4. The summed E-state index contributed by atoms with van der Waals surface area (Å²) in [7, 11) is 0. The standard InChI is InChI=1S/C24H27N3O4.C4H11N3/c28-15-13-25-23(30)21-12-7-14-27(21)24(31)20(16-18-8-3-1-4-9-18)26-22(29)17-19-10-5-2-6-11-19;1-2-3-7-4(5)6/h1-6,8-11,15,20-21H,7,12-14,16-17H2,(H,25,30)(H,26,29);2-3H2,1H3,(H4,5,6,7)/t20?,21-;/m0./s1. The zero-order valence-electron chi connectivity index (χ0n) is 21.8. The second-order valence-corrected chi connectivity index (χ2v) is 8.88. The molecule has 0 radical (unpaired) electrons. The Labute approximate surface area is 223 Å². The molecule has 10 nitrogen and oxygen atoms in total. The van der Waals surface area contributed by atoms with Crippen LogP contribution in [0.5, 0.6) is 0 Å². The van der Waals surface area contributed by atoms with Gasteiger partial charge in [-0.25, -0.2) is 0 Å². The molecule has 1 saturated heterocycles. The van der Waals surface area contributed by atoms with Crippen LogP contribution in [0, 0.1) is 0 Å². The molecule has 1 fully saturated rings. The first-order chi connectivity index (χ1) is 18.3. The molecule has 0 aromatic heterocycles. The maximum Gasteiger partial charge on any atom is 0.246 e. The van der Waals surface area contributed by atoms with Crippen molar-refractivity contribution in [3.05, 3.63) is 71.8 Å². The number of rotatable bonds is 11. The van der Waals surface area contributed by atoms with Gasteiger partial charge in [0, 0.05) is 19.5 Å². The molecule has 3 rings (SSSR count). The van der Waals surface area contributed by atoms with E-state index in [1.165, 1.54) is 4.90 Å². The molecular weight excluding hydrogens is 484 g/mol. The molecule has 1 aliphatic heterocycles. The number of nitrogens with two attached hydrogens (primary N) is 2. The maximum atomic E-state index is 13.4. The van der Waals surface area contributed by atoms with Crippen LogP contribution in [0.4, 0.5) is 0 Å². The van der Waals surface area contributed by atoms with Gasteiger partial charge in [-0.2, -0.15) is 0 Å². The second kappa shape index (κ2) is 16.5. The molecule has 0 aliphatic carbocycles. The Bertz CT molecular complexity index is 1060. The van der Waals surface area contributed by atoms with Crippen molar-refractivity contribution in [3.63, 3.8) is 0 Å². The maximum absolute atomic E-state index is 13.4. The van der Waals surface area contributed by atoms with Gasteiger partial charge >= 0.3 is 0 Å². The molecule has 204 valence electrons. The largest absolute Gasteiger partial charge is 0.370 e. The highest BCUT2D eigenvalue weighted by Crippen LogP contribution is 2.20. The van der Waals surface area contributed by atoms with Gasteiger partial charge in [0.25, 0.3) is 0 Å². The zero-order valence-corrected chi connectivity index (χ0v) is 21.8. The van der Waals surface area contributed by atoms with Crippen molar-refractivity contribution in [2.75, 3.05) is 19.6 Å². The van der Waals surface area contributed by atoms with Gasteiger partial charge in [0.15, 0.2) is 5.96 Å². The Morgan fingerprint density at radius 2 is 1.68 bits per heavy atom. The second-order valence-electron chi connectivity index (χ2n) is 8.88. The van der Waals surface area contributed by atoms with E-state index < -0.39 is 12.1 Å². The third-order valence-corrected chi connectivity index (χ3v) is 5.84. The summed E-state index contributed by atoms with van der Waals surface area (Å²) in [4.78, 5) is 54.3. The molecule has 2 aromatic rings. The lowest BCUT2D eigenvalue weighted by atomic mass is 10.0. The van der Waals surface area contributed by atoms with E-state index in [-0.39, 0.29) is 36.6 Å². The smallest absolute Gasteiger partial charge is 0.246 e. The number of nitrogens with zero attached hydrogens (tertiary/aromatic N) is 2. The van der Waals surface area contributed by atoms with Crippen LogP contribution in [-0.2, 0) is 32.0 Å². The van der Waals surface area contributed by atoms with E-state index in [4.69, 9.17) is 11.5 Å². The lowest BCUT2D eigenvalue weighted by molar-refractivity contribution is -0.141. The molecule has 1 unspecified atom stereocenters. The van der Waals surface area contributed by atoms with Crippen LogP contribution in [0.2, 0.25) is 0 Å². The highest BCUT2D eigenvalue weighted by atomic mass is 16.2. The number of carbonyl (C=O) groups is 4. The highest BCUT2D eigenvalue weighted by molar-refractivity contribution is 5.93. The SMILES string of the molecule is CCCN=C(N)N.O=CCNC(=O)[C@@H]1CCCN1C(=O)C(Cc1ccccc1)NC(=O)Cc1ccccc1. The summed E-state index contributed by atoms with van der Waals surface area (Å²) < 4.78 is 0. The summed E-state index contributed by atoms with van der Waals surface area (Å²) in [5.74, 6) is -0.690. The Morgan fingerprint density at radius 1 is 1.05 bits per heavy atom. The van der Waals surface area contributed by atoms with Gasteiger partial charge in [0.1, 0.15) is 18.4 Å². The topological polar surface area (TPSA) is 160 Å². The monoisotopic (exact) mass is 522 g/mol. The number of nitrogens with one attached hydrogen (secondary N) is 2. The number of aldehydes is 1. The summed E-state index contributed by atoms with van der Waals surface area (Å²) in [6, 6.07) is 17.4. The molecule has 0 saturated carbocycles. The Morgan fingerprint density at radius 3 is 2.24 bits per heavy atom. The molecule has 1 aliphatic rings. The number of amides is 3. The molecular formula is C28H38N6O4. The van der Waals surface area contributed by atoms with Crippen molar-refractivity contribution in [2.45, 2.75) is 51.1 Å². The lowest BCUT2D eigenvalue weighted by Gasteiger charge is -2.28. The van der Waals surface area contributed by atoms with Gasteiger partial charge in [0.05, 0.1) is 13.0 Å². The first-order valence-corrected chi connectivity index (χ1v) is 12.8. The summed E-state index contributed by atoms with van der Waals surface area (Å²) >= 11 is 0. The minimum atomic E-state index is -0.780. The molecule has 6 N–H and O–H groups in total. The number of hydrogen-bond donors (Lipinski definition) is 4. The van der Waals surface area contributed by atoms with E-state index >= 15 is 0 Å². The van der Waals surface area contributed by atoms with Gasteiger partial charge < -0.3 is 31.8 Å². The quantitative estimate of drug-likeness (QED) is 0.195. The first-order valence-electron chi connectivity index (χ1n) is 12.8. The van der Waals surface area contributed by atoms with Crippen molar-refractivity contribution >= 4 is 30.0 Å². The number of guanidine groups is 1. The molecule has 1 heterocycles. The van der Waals surface area contributed by atoms with E-state index in [9.17, 15) is 19.2 Å². The average molecular weight is 523 g/mol. The third-order valence-electron chi connectivity index (χ3n) is 5.84. The van der Waals surface area contributed by atoms with Crippen LogP contribution in [0.15, 0.2) is 65.7 Å². The molecule has 0 bridgehead atoms. The third kappa shape index (κ3) is 10.4. The minimum Gasteiger partial charge on any atom is -0.370 e. The predicted molar refractivity (Wildman–Crippen MR) is 147 cm³/mol. The summed E-state index contributed by atoms with van der Waals surface area (Å²) in [5, 5.41) is 5.41. The lowest BCUT2D eigenvalue weighted by Crippen LogP contribution is -2.54. The van der Waals surface area contributed by atoms with Crippen molar-refractivity contribution < 1.29 is 19.2 Å². The average Bonchev–Trinajstić information content (AvgIpc) is 3.41. The molecule has 38 heavy (non-hydrogen) atoms. The van der Waals surface area contributed by atoms with Gasteiger partial charge in [-0.15, -0.1) is 0 Å². The van der Waals surface area contributed by atoms with Crippen LogP contribution in [0.25, 0.3) is 0 Å². The number of hydrogen-bond acceptors (Lipinski definition) is 5. The zero-order chi connectivity index (χ0) is 27.8. The van der Waals surface area contributed by atoms with Crippen LogP contribution in [0.3, 0.4) is 0 Å². The number of aliphatic imine (C=N–C) groups is 1. The van der Waals surface area contributed by atoms with E-state index in [0.29, 0.717) is 32.1 Å². The first kappa shape index (κ1) is 30.0. The van der Waals surface area contributed by atoms with E-state index in [2.05, 4.69) is 15.6 Å². The van der Waals surface area contributed by atoms with Gasteiger partial charge in [0.2, 0.25) is 17.7 Å². The molecule has 10 heteroatoms. The Hall–Kier alpha value is -4.21. The van der Waals surface area contributed by atoms with Gasteiger partial charge in [-0.1, -0.05) is 67.6 Å². The molecule has 2 aromatic carbocycles. The molecule has 2 atom stereocenters. The highest BCUT2D eigenvalue weighted by Gasteiger charge is 2.37. The summed E-state index contributed by atoms with van der Waals surface area (Å²) in [5.41, 5.74) is 11.8. The summed E-state index contributed by atoms with van der Waals surface area (Å²) in [6.45, 7) is 3.12. The van der Waals surface area contributed by atoms with E-state index in [1.807, 2.05) is 67.6 Å². The fraction of sp³-hybridized carbons (Fsp3) is 0.393. The van der Waals surface area contributed by atoms with Crippen LogP contribution < -0.4 is 22.1 Å². The van der Waals surface area contributed by atoms with Crippen molar-refractivity contribution in [3.8, 4) is 0 Å². The van der Waals surface area contributed by atoms with Crippen LogP contribution in [-0.4, -0.2) is 66.6 Å². The minimum absolute atomic E-state index is 0.0847. The van der Waals surface area contributed by atoms with Crippen molar-refractivity contribution in [1.29, 1.82) is 0 Å². The van der Waals surface area contributed by atoms with Gasteiger partial charge in [-0.3, -0.25) is 19.4 Å². The van der Waals surface area contributed by atoms with Gasteiger partial charge in [-0.05, 0) is 30.4 Å². The Balaban J connectivity index is 0.000000638. The van der Waals surface area contributed by atoms with E-state index in [1.54, 1.807) is 0 Å². The molecule has 0 spiro atoms. The number of likely N-dealkylation sites (tertiary alicyclic amines) is 1. The van der Waals surface area contributed by atoms with Crippen molar-refractivity contribution in [2.24, 2.45) is 16.5 Å². The number of benzene rings is 2. The fourth-order valence-corrected chi connectivity index (χ4v) is 4.08. The molecule has 3 amide bonds.